The zero-order valence-electron chi connectivity index (χ0n) is 18.2. The van der Waals surface area contributed by atoms with Gasteiger partial charge in [-0.2, -0.15) is 5.10 Å². The summed E-state index contributed by atoms with van der Waals surface area (Å²) in [4.78, 5) is 33.3. The van der Waals surface area contributed by atoms with Gasteiger partial charge in [0.15, 0.2) is 0 Å². The molecule has 166 valence electrons. The molecule has 1 aromatic carbocycles. The van der Waals surface area contributed by atoms with Gasteiger partial charge in [0, 0.05) is 37.1 Å². The molecule has 1 saturated heterocycles. The summed E-state index contributed by atoms with van der Waals surface area (Å²) < 4.78 is 2.00. The minimum absolute atomic E-state index is 0. The van der Waals surface area contributed by atoms with Crippen LogP contribution in [-0.2, 0) is 0 Å². The average molecular weight is 444 g/mol. The number of nitrogens with one attached hydrogen (secondary N) is 1. The van der Waals surface area contributed by atoms with Crippen LogP contribution in [0.25, 0.3) is 21.8 Å². The Hall–Kier alpha value is -2.38. The molecule has 7 nitrogen and oxygen atoms in total. The van der Waals surface area contributed by atoms with Crippen LogP contribution in [0, 0.1) is 6.92 Å². The molecular weight excluding hydrogens is 414 g/mol. The molecule has 3 heterocycles. The number of fused-ring (bicyclic) bond motifs is 3. The van der Waals surface area contributed by atoms with Crippen molar-refractivity contribution in [3.05, 3.63) is 39.8 Å². The fourth-order valence-electron chi connectivity index (χ4n) is 4.79. The molecule has 8 heteroatoms. The van der Waals surface area contributed by atoms with Crippen molar-refractivity contribution < 1.29 is 4.79 Å². The Morgan fingerprint density at radius 2 is 1.90 bits per heavy atom. The van der Waals surface area contributed by atoms with Crippen LogP contribution in [0.3, 0.4) is 0 Å². The van der Waals surface area contributed by atoms with Gasteiger partial charge in [0.25, 0.3) is 11.5 Å². The standard InChI is InChI=1S/C23H29N5O2.ClH/c1-3-7-26-8-10-27(11-9-26)23(30)17-13-18-20(12-15(17)2)25-22(29)19-14-24-28(21(18)19)16-5-4-6-16;/h12-14,16H,3-11H2,1-2H3,(H,25,29);1H. The van der Waals surface area contributed by atoms with E-state index in [2.05, 4.69) is 21.9 Å². The molecule has 2 aromatic heterocycles. The third-order valence-corrected chi connectivity index (χ3v) is 6.76. The number of carbonyl (C=O) groups is 1. The van der Waals surface area contributed by atoms with E-state index >= 15 is 0 Å². The summed E-state index contributed by atoms with van der Waals surface area (Å²) in [6, 6.07) is 4.26. The fraction of sp³-hybridized carbons (Fsp3) is 0.522. The van der Waals surface area contributed by atoms with Crippen LogP contribution in [0.15, 0.2) is 23.1 Å². The summed E-state index contributed by atoms with van der Waals surface area (Å²) in [5, 5.41) is 6.05. The van der Waals surface area contributed by atoms with Gasteiger partial charge in [0.1, 0.15) is 0 Å². The molecule has 0 radical (unpaired) electrons. The van der Waals surface area contributed by atoms with Gasteiger partial charge in [-0.25, -0.2) is 0 Å². The summed E-state index contributed by atoms with van der Waals surface area (Å²) in [5.41, 5.74) is 3.14. The van der Waals surface area contributed by atoms with E-state index in [0.29, 0.717) is 11.4 Å². The normalized spacial score (nSPS) is 17.7. The van der Waals surface area contributed by atoms with E-state index in [-0.39, 0.29) is 23.9 Å². The van der Waals surface area contributed by atoms with Crippen LogP contribution in [0.1, 0.15) is 54.6 Å². The number of aromatic nitrogens is 3. The largest absolute Gasteiger partial charge is 0.336 e. The molecule has 3 aromatic rings. The van der Waals surface area contributed by atoms with Crippen molar-refractivity contribution in [1.29, 1.82) is 0 Å². The number of aromatic amines is 1. The number of hydrogen-bond donors (Lipinski definition) is 1. The summed E-state index contributed by atoms with van der Waals surface area (Å²) in [6.45, 7) is 8.61. The van der Waals surface area contributed by atoms with Crippen LogP contribution in [0.5, 0.6) is 0 Å². The van der Waals surface area contributed by atoms with E-state index in [1.54, 1.807) is 6.20 Å². The molecule has 1 aliphatic heterocycles. The van der Waals surface area contributed by atoms with Gasteiger partial charge >= 0.3 is 0 Å². The highest BCUT2D eigenvalue weighted by Gasteiger charge is 2.26. The van der Waals surface area contributed by atoms with Crippen molar-refractivity contribution in [2.24, 2.45) is 0 Å². The first-order valence-corrected chi connectivity index (χ1v) is 11.1. The molecule has 1 amide bonds. The predicted octanol–water partition coefficient (Wildman–Crippen LogP) is 3.50. The highest BCUT2D eigenvalue weighted by Crippen LogP contribution is 2.35. The quantitative estimate of drug-likeness (QED) is 0.669. The van der Waals surface area contributed by atoms with Crippen molar-refractivity contribution in [3.8, 4) is 0 Å². The van der Waals surface area contributed by atoms with Crippen molar-refractivity contribution in [1.82, 2.24) is 24.6 Å². The third-order valence-electron chi connectivity index (χ3n) is 6.76. The number of halogens is 1. The highest BCUT2D eigenvalue weighted by molar-refractivity contribution is 6.07. The van der Waals surface area contributed by atoms with Crippen LogP contribution in [0.2, 0.25) is 0 Å². The molecule has 0 atom stereocenters. The van der Waals surface area contributed by atoms with Gasteiger partial charge < -0.3 is 9.88 Å². The Bertz CT molecular complexity index is 1170. The average Bonchev–Trinajstić information content (AvgIpc) is 3.12. The Labute approximate surface area is 187 Å². The molecule has 1 aliphatic carbocycles. The maximum Gasteiger partial charge on any atom is 0.259 e. The van der Waals surface area contributed by atoms with Gasteiger partial charge in [0.05, 0.1) is 28.7 Å². The number of H-pyrrole nitrogens is 1. The van der Waals surface area contributed by atoms with Crippen LogP contribution >= 0.6 is 12.4 Å². The van der Waals surface area contributed by atoms with Crippen molar-refractivity contribution in [2.45, 2.75) is 45.6 Å². The molecule has 31 heavy (non-hydrogen) atoms. The van der Waals surface area contributed by atoms with E-state index in [9.17, 15) is 9.59 Å². The number of piperazine rings is 1. The highest BCUT2D eigenvalue weighted by atomic mass is 35.5. The topological polar surface area (TPSA) is 74.2 Å². The van der Waals surface area contributed by atoms with Crippen LogP contribution in [0.4, 0.5) is 0 Å². The number of nitrogens with zero attached hydrogens (tertiary/aromatic N) is 4. The molecule has 0 bridgehead atoms. The Morgan fingerprint density at radius 1 is 1.16 bits per heavy atom. The monoisotopic (exact) mass is 443 g/mol. The zero-order chi connectivity index (χ0) is 20.8. The lowest BCUT2D eigenvalue weighted by atomic mass is 9.93. The Kier molecular flexibility index (Phi) is 6.08. The molecule has 2 fully saturated rings. The summed E-state index contributed by atoms with van der Waals surface area (Å²) in [6.07, 6.45) is 6.18. The minimum atomic E-state index is -0.117. The van der Waals surface area contributed by atoms with Crippen molar-refractivity contribution in [2.75, 3.05) is 32.7 Å². The zero-order valence-corrected chi connectivity index (χ0v) is 19.0. The molecule has 5 rings (SSSR count). The second-order valence-corrected chi connectivity index (χ2v) is 8.74. The maximum atomic E-state index is 13.4. The molecule has 2 aliphatic rings. The number of pyridine rings is 1. The second-order valence-electron chi connectivity index (χ2n) is 8.74. The van der Waals surface area contributed by atoms with Gasteiger partial charge in [-0.3, -0.25) is 19.2 Å². The van der Waals surface area contributed by atoms with Gasteiger partial charge in [-0.1, -0.05) is 6.92 Å². The number of benzene rings is 1. The first-order valence-electron chi connectivity index (χ1n) is 11.1. The predicted molar refractivity (Wildman–Crippen MR) is 125 cm³/mol. The summed E-state index contributed by atoms with van der Waals surface area (Å²) in [5.74, 6) is 0.0830. The summed E-state index contributed by atoms with van der Waals surface area (Å²) in [7, 11) is 0. The van der Waals surface area contributed by atoms with Crippen molar-refractivity contribution >= 4 is 40.1 Å². The molecule has 0 spiro atoms. The Balaban J connectivity index is 0.00000231. The first kappa shape index (κ1) is 21.8. The molecule has 1 N–H and O–H groups in total. The lowest BCUT2D eigenvalue weighted by Gasteiger charge is -2.34. The van der Waals surface area contributed by atoms with Crippen LogP contribution in [-0.4, -0.2) is 63.2 Å². The number of carbonyl (C=O) groups excluding carboxylic acids is 1. The Morgan fingerprint density at radius 3 is 2.55 bits per heavy atom. The van der Waals surface area contributed by atoms with Crippen molar-refractivity contribution in [3.63, 3.8) is 0 Å². The maximum absolute atomic E-state index is 13.4. The fourth-order valence-corrected chi connectivity index (χ4v) is 4.79. The number of rotatable bonds is 4. The minimum Gasteiger partial charge on any atom is -0.336 e. The molecule has 1 saturated carbocycles. The second kappa shape index (κ2) is 8.63. The molecule has 0 unspecified atom stereocenters. The van der Waals surface area contributed by atoms with Gasteiger partial charge in [-0.15, -0.1) is 12.4 Å². The van der Waals surface area contributed by atoms with E-state index in [1.165, 1.54) is 6.42 Å². The smallest absolute Gasteiger partial charge is 0.259 e. The van der Waals surface area contributed by atoms with E-state index < -0.39 is 0 Å². The number of aryl methyl sites for hydroxylation is 1. The SMILES string of the molecule is CCCN1CCN(C(=O)c2cc3c(cc2C)[nH]c(=O)c2cnn(C4CCC4)c23)CC1.Cl. The van der Waals surface area contributed by atoms with Gasteiger partial charge in [-0.05, 0) is 56.8 Å². The molecular formula is C23H30ClN5O2. The lowest BCUT2D eigenvalue weighted by molar-refractivity contribution is 0.0637. The van der Waals surface area contributed by atoms with E-state index in [0.717, 1.165) is 79.5 Å². The summed E-state index contributed by atoms with van der Waals surface area (Å²) >= 11 is 0. The number of amides is 1. The number of hydrogen-bond acceptors (Lipinski definition) is 4. The third kappa shape index (κ3) is 3.74. The van der Waals surface area contributed by atoms with E-state index in [1.807, 2.05) is 28.6 Å². The van der Waals surface area contributed by atoms with Crippen LogP contribution < -0.4 is 5.56 Å². The first-order chi connectivity index (χ1) is 14.6. The van der Waals surface area contributed by atoms with Gasteiger partial charge in [0.2, 0.25) is 0 Å². The van der Waals surface area contributed by atoms with E-state index in [4.69, 9.17) is 0 Å². The lowest BCUT2D eigenvalue weighted by Crippen LogP contribution is -2.48.